The van der Waals surface area contributed by atoms with Crippen molar-refractivity contribution in [3.8, 4) is 11.5 Å². The van der Waals surface area contributed by atoms with Crippen molar-refractivity contribution >= 4 is 44.5 Å². The summed E-state index contributed by atoms with van der Waals surface area (Å²) in [5, 5.41) is 3.44. The lowest BCUT2D eigenvalue weighted by Crippen LogP contribution is -2.15. The Morgan fingerprint density at radius 1 is 1.00 bits per heavy atom. The van der Waals surface area contributed by atoms with E-state index in [4.69, 9.17) is 18.6 Å². The summed E-state index contributed by atoms with van der Waals surface area (Å²) in [4.78, 5) is 24.7. The standard InChI is InChI=1S/C19H16BrNO6/c1-24-15-8-12(19(23)26-3)13(9-16(15)25-2)21-18(22)17-7-10-6-11(20)4-5-14(10)27-17/h4-9H,1-3H3,(H,21,22). The molecule has 0 saturated carbocycles. The van der Waals surface area contributed by atoms with Crippen molar-refractivity contribution < 1.29 is 28.2 Å². The molecule has 1 N–H and O–H groups in total. The second kappa shape index (κ2) is 7.71. The molecule has 140 valence electrons. The van der Waals surface area contributed by atoms with Crippen LogP contribution < -0.4 is 14.8 Å². The van der Waals surface area contributed by atoms with E-state index < -0.39 is 11.9 Å². The number of furan rings is 1. The Labute approximate surface area is 163 Å². The lowest BCUT2D eigenvalue weighted by Gasteiger charge is -2.14. The predicted octanol–water partition coefficient (Wildman–Crippen LogP) is 4.25. The highest BCUT2D eigenvalue weighted by Gasteiger charge is 2.21. The maximum absolute atomic E-state index is 12.6. The van der Waals surface area contributed by atoms with E-state index in [1.807, 2.05) is 12.1 Å². The molecule has 0 fully saturated rings. The van der Waals surface area contributed by atoms with Crippen LogP contribution in [-0.2, 0) is 4.74 Å². The third-order valence-corrected chi connectivity index (χ3v) is 4.37. The maximum Gasteiger partial charge on any atom is 0.340 e. The first-order valence-electron chi connectivity index (χ1n) is 7.81. The van der Waals surface area contributed by atoms with E-state index in [0.717, 1.165) is 9.86 Å². The van der Waals surface area contributed by atoms with Crippen molar-refractivity contribution in [3.63, 3.8) is 0 Å². The number of carbonyl (C=O) groups is 2. The number of methoxy groups -OCH3 is 3. The van der Waals surface area contributed by atoms with Crippen molar-refractivity contribution in [1.82, 2.24) is 0 Å². The number of fused-ring (bicyclic) bond motifs is 1. The molecule has 0 aliphatic rings. The van der Waals surface area contributed by atoms with Crippen molar-refractivity contribution in [2.45, 2.75) is 0 Å². The quantitative estimate of drug-likeness (QED) is 0.605. The number of carbonyl (C=O) groups excluding carboxylic acids is 2. The molecule has 0 spiro atoms. The molecular weight excluding hydrogens is 418 g/mol. The van der Waals surface area contributed by atoms with Gasteiger partial charge in [0.25, 0.3) is 5.91 Å². The van der Waals surface area contributed by atoms with Crippen LogP contribution in [0.3, 0.4) is 0 Å². The molecule has 3 rings (SSSR count). The van der Waals surface area contributed by atoms with Crippen molar-refractivity contribution in [2.24, 2.45) is 0 Å². The number of hydrogen-bond acceptors (Lipinski definition) is 6. The number of anilines is 1. The van der Waals surface area contributed by atoms with Gasteiger partial charge < -0.3 is 23.9 Å². The fourth-order valence-corrected chi connectivity index (χ4v) is 2.95. The first-order valence-corrected chi connectivity index (χ1v) is 8.61. The molecule has 0 aliphatic heterocycles. The Balaban J connectivity index is 1.99. The number of ether oxygens (including phenoxy) is 3. The lowest BCUT2D eigenvalue weighted by atomic mass is 10.1. The molecule has 0 bridgehead atoms. The average molecular weight is 434 g/mol. The molecule has 27 heavy (non-hydrogen) atoms. The molecule has 0 aliphatic carbocycles. The van der Waals surface area contributed by atoms with Crippen LogP contribution in [0.5, 0.6) is 11.5 Å². The summed E-state index contributed by atoms with van der Waals surface area (Å²) in [6.07, 6.45) is 0. The van der Waals surface area contributed by atoms with E-state index in [1.54, 1.807) is 12.1 Å². The number of esters is 1. The minimum absolute atomic E-state index is 0.105. The van der Waals surface area contributed by atoms with Crippen molar-refractivity contribution in [1.29, 1.82) is 0 Å². The van der Waals surface area contributed by atoms with E-state index in [0.29, 0.717) is 17.1 Å². The zero-order chi connectivity index (χ0) is 19.6. The molecule has 8 heteroatoms. The van der Waals surface area contributed by atoms with Gasteiger partial charge in [-0.05, 0) is 24.3 Å². The molecule has 7 nitrogen and oxygen atoms in total. The number of hydrogen-bond donors (Lipinski definition) is 1. The van der Waals surface area contributed by atoms with Gasteiger partial charge in [-0.2, -0.15) is 0 Å². The first kappa shape index (κ1) is 18.8. The zero-order valence-electron chi connectivity index (χ0n) is 14.8. The van der Waals surface area contributed by atoms with Gasteiger partial charge in [0.2, 0.25) is 0 Å². The number of amides is 1. The minimum atomic E-state index is -0.625. The Kier molecular flexibility index (Phi) is 5.36. The summed E-state index contributed by atoms with van der Waals surface area (Å²) in [5.74, 6) is -0.341. The second-order valence-corrected chi connectivity index (χ2v) is 6.41. The van der Waals surface area contributed by atoms with E-state index in [9.17, 15) is 9.59 Å². The molecule has 1 aromatic heterocycles. The molecular formula is C19H16BrNO6. The summed E-state index contributed by atoms with van der Waals surface area (Å²) >= 11 is 3.38. The zero-order valence-corrected chi connectivity index (χ0v) is 16.4. The highest BCUT2D eigenvalue weighted by Crippen LogP contribution is 2.34. The van der Waals surface area contributed by atoms with Gasteiger partial charge in [-0.15, -0.1) is 0 Å². The van der Waals surface area contributed by atoms with Gasteiger partial charge in [-0.25, -0.2) is 4.79 Å². The van der Waals surface area contributed by atoms with Crippen LogP contribution in [0.1, 0.15) is 20.9 Å². The van der Waals surface area contributed by atoms with Crippen LogP contribution in [-0.4, -0.2) is 33.2 Å². The fraction of sp³-hybridized carbons (Fsp3) is 0.158. The van der Waals surface area contributed by atoms with Gasteiger partial charge in [0.15, 0.2) is 17.3 Å². The molecule has 0 saturated heterocycles. The van der Waals surface area contributed by atoms with Gasteiger partial charge in [-0.3, -0.25) is 4.79 Å². The fourth-order valence-electron chi connectivity index (χ4n) is 2.57. The third kappa shape index (κ3) is 3.75. The molecule has 0 unspecified atom stereocenters. The predicted molar refractivity (Wildman–Crippen MR) is 103 cm³/mol. The second-order valence-electron chi connectivity index (χ2n) is 5.49. The summed E-state index contributed by atoms with van der Waals surface area (Å²) in [5.41, 5.74) is 0.914. The Morgan fingerprint density at radius 2 is 1.70 bits per heavy atom. The molecule has 0 atom stereocenters. The van der Waals surface area contributed by atoms with Crippen LogP contribution in [0.15, 0.2) is 45.3 Å². The molecule has 3 aromatic rings. The van der Waals surface area contributed by atoms with E-state index in [1.165, 1.54) is 33.5 Å². The number of rotatable bonds is 5. The van der Waals surface area contributed by atoms with Crippen LogP contribution >= 0.6 is 15.9 Å². The number of nitrogens with one attached hydrogen (secondary N) is 1. The summed E-state index contributed by atoms with van der Waals surface area (Å²) in [7, 11) is 4.16. The van der Waals surface area contributed by atoms with E-state index in [2.05, 4.69) is 21.2 Å². The molecule has 0 radical (unpaired) electrons. The van der Waals surface area contributed by atoms with E-state index in [-0.39, 0.29) is 17.0 Å². The van der Waals surface area contributed by atoms with Gasteiger partial charge in [0, 0.05) is 22.0 Å². The van der Waals surface area contributed by atoms with Crippen molar-refractivity contribution in [2.75, 3.05) is 26.6 Å². The van der Waals surface area contributed by atoms with E-state index >= 15 is 0 Å². The average Bonchev–Trinajstić information content (AvgIpc) is 3.10. The molecule has 2 aromatic carbocycles. The topological polar surface area (TPSA) is 87.0 Å². The van der Waals surface area contributed by atoms with Gasteiger partial charge in [-0.1, -0.05) is 15.9 Å². The number of benzene rings is 2. The first-order chi connectivity index (χ1) is 13.0. The van der Waals surface area contributed by atoms with Crippen LogP contribution in [0.25, 0.3) is 11.0 Å². The van der Waals surface area contributed by atoms with Gasteiger partial charge in [0.05, 0.1) is 32.6 Å². The summed E-state index contributed by atoms with van der Waals surface area (Å²) in [6.45, 7) is 0. The van der Waals surface area contributed by atoms with Gasteiger partial charge >= 0.3 is 5.97 Å². The lowest BCUT2D eigenvalue weighted by molar-refractivity contribution is 0.0601. The van der Waals surface area contributed by atoms with Crippen LogP contribution in [0.4, 0.5) is 5.69 Å². The minimum Gasteiger partial charge on any atom is -0.493 e. The number of halogens is 1. The third-order valence-electron chi connectivity index (χ3n) is 3.88. The normalized spacial score (nSPS) is 10.5. The highest BCUT2D eigenvalue weighted by molar-refractivity contribution is 9.10. The highest BCUT2D eigenvalue weighted by atomic mass is 79.9. The monoisotopic (exact) mass is 433 g/mol. The largest absolute Gasteiger partial charge is 0.493 e. The van der Waals surface area contributed by atoms with Crippen LogP contribution in [0, 0.1) is 0 Å². The summed E-state index contributed by atoms with van der Waals surface area (Å²) in [6, 6.07) is 9.96. The Hall–Kier alpha value is -3.00. The Morgan fingerprint density at radius 3 is 2.37 bits per heavy atom. The van der Waals surface area contributed by atoms with Crippen molar-refractivity contribution in [3.05, 3.63) is 52.2 Å². The van der Waals surface area contributed by atoms with Gasteiger partial charge in [0.1, 0.15) is 5.58 Å². The molecule has 1 amide bonds. The molecule has 1 heterocycles. The van der Waals surface area contributed by atoms with Crippen LogP contribution in [0.2, 0.25) is 0 Å². The summed E-state index contributed by atoms with van der Waals surface area (Å²) < 4.78 is 21.7. The SMILES string of the molecule is COC(=O)c1cc(OC)c(OC)cc1NC(=O)c1cc2cc(Br)ccc2o1. The maximum atomic E-state index is 12.6. The smallest absolute Gasteiger partial charge is 0.340 e. The Bertz CT molecular complexity index is 1030.